The summed E-state index contributed by atoms with van der Waals surface area (Å²) >= 11 is 0. The van der Waals surface area contributed by atoms with E-state index in [0.29, 0.717) is 0 Å². The lowest BCUT2D eigenvalue weighted by molar-refractivity contribution is -0.0223. The van der Waals surface area contributed by atoms with E-state index in [-0.39, 0.29) is 18.2 Å². The van der Waals surface area contributed by atoms with E-state index in [9.17, 15) is 13.9 Å². The smallest absolute Gasteiger partial charge is 0.137 e. The molecule has 2 unspecified atom stereocenters. The Morgan fingerprint density at radius 2 is 2.05 bits per heavy atom. The molecule has 1 heterocycles. The normalized spacial score (nSPS) is 15.8. The zero-order chi connectivity index (χ0) is 16.3. The van der Waals surface area contributed by atoms with E-state index in [4.69, 9.17) is 0 Å². The van der Waals surface area contributed by atoms with Gasteiger partial charge in [0.05, 0.1) is 6.54 Å². The van der Waals surface area contributed by atoms with Crippen molar-refractivity contribution < 1.29 is 13.9 Å². The molecule has 2 rings (SSSR count). The van der Waals surface area contributed by atoms with Crippen molar-refractivity contribution in [1.82, 2.24) is 20.1 Å². The molecule has 0 saturated carbocycles. The van der Waals surface area contributed by atoms with Gasteiger partial charge in [0.2, 0.25) is 0 Å². The predicted molar refractivity (Wildman–Crippen MR) is 78.0 cm³/mol. The topological polar surface area (TPSA) is 63.0 Å². The first kappa shape index (κ1) is 16.5. The van der Waals surface area contributed by atoms with Crippen molar-refractivity contribution in [3.8, 4) is 0 Å². The molecule has 0 fully saturated rings. The first-order chi connectivity index (χ1) is 10.3. The average Bonchev–Trinajstić information content (AvgIpc) is 2.90. The van der Waals surface area contributed by atoms with Crippen LogP contribution in [-0.4, -0.2) is 32.0 Å². The van der Waals surface area contributed by atoms with Crippen molar-refractivity contribution >= 4 is 0 Å². The highest BCUT2D eigenvalue weighted by atomic mass is 19.1. The van der Waals surface area contributed by atoms with Crippen molar-refractivity contribution in [2.45, 2.75) is 45.0 Å². The fourth-order valence-electron chi connectivity index (χ4n) is 2.50. The lowest BCUT2D eigenvalue weighted by Crippen LogP contribution is -2.52. The zero-order valence-corrected chi connectivity index (χ0v) is 12.8. The molecule has 0 bridgehead atoms. The molecule has 0 spiro atoms. The summed E-state index contributed by atoms with van der Waals surface area (Å²) in [5, 5.41) is 18.3. The number of aliphatic hydroxyl groups is 1. The van der Waals surface area contributed by atoms with E-state index >= 15 is 0 Å². The summed E-state index contributed by atoms with van der Waals surface area (Å²) in [7, 11) is 0. The Morgan fingerprint density at radius 3 is 2.59 bits per heavy atom. The van der Waals surface area contributed by atoms with E-state index in [2.05, 4.69) is 15.4 Å². The van der Waals surface area contributed by atoms with Gasteiger partial charge in [0, 0.05) is 23.7 Å². The molecule has 2 aromatic rings. The molecule has 7 heteroatoms. The molecular formula is C15H20F2N4O. The average molecular weight is 310 g/mol. The number of aromatic nitrogens is 3. The van der Waals surface area contributed by atoms with Crippen LogP contribution in [0.5, 0.6) is 0 Å². The van der Waals surface area contributed by atoms with Crippen molar-refractivity contribution in [1.29, 1.82) is 0 Å². The highest BCUT2D eigenvalue weighted by Gasteiger charge is 2.39. The van der Waals surface area contributed by atoms with Crippen LogP contribution in [0.15, 0.2) is 30.9 Å². The Bertz CT molecular complexity index is 618. The third-order valence-electron chi connectivity index (χ3n) is 3.57. The molecule has 1 aromatic carbocycles. The maximum Gasteiger partial charge on any atom is 0.137 e. The minimum atomic E-state index is -1.60. The van der Waals surface area contributed by atoms with E-state index in [1.807, 2.05) is 13.8 Å². The van der Waals surface area contributed by atoms with E-state index in [1.54, 1.807) is 6.92 Å². The number of hydrogen-bond acceptors (Lipinski definition) is 4. The second kappa shape index (κ2) is 6.50. The fourth-order valence-corrected chi connectivity index (χ4v) is 2.50. The molecule has 22 heavy (non-hydrogen) atoms. The molecule has 0 aliphatic rings. The third-order valence-corrected chi connectivity index (χ3v) is 3.57. The Kier molecular flexibility index (Phi) is 4.87. The number of nitrogens with zero attached hydrogens (tertiary/aromatic N) is 3. The lowest BCUT2D eigenvalue weighted by atomic mass is 9.86. The Morgan fingerprint density at radius 1 is 1.32 bits per heavy atom. The minimum Gasteiger partial charge on any atom is -0.381 e. The Labute approximate surface area is 128 Å². The van der Waals surface area contributed by atoms with Gasteiger partial charge in [-0.05, 0) is 13.0 Å². The standard InChI is InChI=1S/C15H20F2N4O/c1-10(2)20-11(3)15(22,7-21-9-18-8-19-21)13-5-4-12(16)6-14(13)17/h4-6,8-11,20,22H,7H2,1-3H3. The largest absolute Gasteiger partial charge is 0.381 e. The van der Waals surface area contributed by atoms with Crippen LogP contribution in [0.3, 0.4) is 0 Å². The van der Waals surface area contributed by atoms with Crippen LogP contribution < -0.4 is 5.32 Å². The minimum absolute atomic E-state index is 0.00353. The van der Waals surface area contributed by atoms with Crippen LogP contribution in [0.25, 0.3) is 0 Å². The van der Waals surface area contributed by atoms with Gasteiger partial charge in [0.25, 0.3) is 0 Å². The van der Waals surface area contributed by atoms with Crippen molar-refractivity contribution in [3.63, 3.8) is 0 Å². The van der Waals surface area contributed by atoms with Gasteiger partial charge in [-0.2, -0.15) is 5.10 Å². The molecule has 1 aromatic heterocycles. The molecule has 0 aliphatic carbocycles. The fraction of sp³-hybridized carbons (Fsp3) is 0.467. The monoisotopic (exact) mass is 310 g/mol. The summed E-state index contributed by atoms with van der Waals surface area (Å²) in [6.07, 6.45) is 2.77. The summed E-state index contributed by atoms with van der Waals surface area (Å²) in [5.41, 5.74) is -1.58. The second-order valence-corrected chi connectivity index (χ2v) is 5.68. The van der Waals surface area contributed by atoms with Gasteiger partial charge in [-0.15, -0.1) is 0 Å². The Balaban J connectivity index is 2.43. The maximum atomic E-state index is 14.2. The molecule has 120 valence electrons. The number of halogens is 2. The molecule has 0 saturated heterocycles. The van der Waals surface area contributed by atoms with Crippen LogP contribution in [0.1, 0.15) is 26.3 Å². The van der Waals surface area contributed by atoms with Gasteiger partial charge in [0.15, 0.2) is 0 Å². The van der Waals surface area contributed by atoms with Crippen molar-refractivity contribution in [2.24, 2.45) is 0 Å². The number of nitrogens with one attached hydrogen (secondary N) is 1. The first-order valence-corrected chi connectivity index (χ1v) is 7.09. The maximum absolute atomic E-state index is 14.2. The quantitative estimate of drug-likeness (QED) is 0.854. The van der Waals surface area contributed by atoms with Gasteiger partial charge < -0.3 is 10.4 Å². The highest BCUT2D eigenvalue weighted by Crippen LogP contribution is 2.30. The molecule has 2 N–H and O–H groups in total. The van der Waals surface area contributed by atoms with Crippen LogP contribution in [0.2, 0.25) is 0 Å². The molecule has 0 radical (unpaired) electrons. The lowest BCUT2D eigenvalue weighted by Gasteiger charge is -2.36. The summed E-state index contributed by atoms with van der Waals surface area (Å²) in [6, 6.07) is 2.76. The van der Waals surface area contributed by atoms with Crippen LogP contribution in [0.4, 0.5) is 8.78 Å². The summed E-state index contributed by atoms with van der Waals surface area (Å²) in [4.78, 5) is 3.82. The van der Waals surface area contributed by atoms with E-state index in [1.165, 1.54) is 23.4 Å². The molecule has 0 aliphatic heterocycles. The van der Waals surface area contributed by atoms with Crippen LogP contribution >= 0.6 is 0 Å². The second-order valence-electron chi connectivity index (χ2n) is 5.68. The van der Waals surface area contributed by atoms with Crippen LogP contribution in [0, 0.1) is 11.6 Å². The van der Waals surface area contributed by atoms with Crippen molar-refractivity contribution in [3.05, 3.63) is 48.1 Å². The summed E-state index contributed by atoms with van der Waals surface area (Å²) in [6.45, 7) is 5.59. The molecular weight excluding hydrogens is 290 g/mol. The molecule has 5 nitrogen and oxygen atoms in total. The third kappa shape index (κ3) is 3.48. The predicted octanol–water partition coefficient (Wildman–Crippen LogP) is 1.83. The zero-order valence-electron chi connectivity index (χ0n) is 12.8. The van der Waals surface area contributed by atoms with Gasteiger partial charge in [-0.25, -0.2) is 18.4 Å². The van der Waals surface area contributed by atoms with Crippen molar-refractivity contribution in [2.75, 3.05) is 0 Å². The number of hydrogen-bond donors (Lipinski definition) is 2. The van der Waals surface area contributed by atoms with E-state index in [0.717, 1.165) is 12.1 Å². The first-order valence-electron chi connectivity index (χ1n) is 7.09. The van der Waals surface area contributed by atoms with Crippen LogP contribution in [-0.2, 0) is 12.1 Å². The van der Waals surface area contributed by atoms with Gasteiger partial charge >= 0.3 is 0 Å². The highest BCUT2D eigenvalue weighted by molar-refractivity contribution is 5.27. The molecule has 2 atom stereocenters. The summed E-state index contributed by atoms with van der Waals surface area (Å²) < 4.78 is 28.8. The number of rotatable bonds is 6. The van der Waals surface area contributed by atoms with Gasteiger partial charge in [-0.3, -0.25) is 0 Å². The summed E-state index contributed by atoms with van der Waals surface area (Å²) in [5.74, 6) is -1.48. The molecule has 0 amide bonds. The van der Waals surface area contributed by atoms with Gasteiger partial charge in [-0.1, -0.05) is 19.9 Å². The Hall–Kier alpha value is -1.86. The number of benzene rings is 1. The van der Waals surface area contributed by atoms with Gasteiger partial charge in [0.1, 0.15) is 29.9 Å². The SMILES string of the molecule is CC(C)NC(C)C(O)(Cn1cncn1)c1ccc(F)cc1F. The van der Waals surface area contributed by atoms with E-state index < -0.39 is 23.3 Å².